The second kappa shape index (κ2) is 7.67. The average Bonchev–Trinajstić information content (AvgIpc) is 2.87. The fourth-order valence-corrected chi connectivity index (χ4v) is 2.89. The van der Waals surface area contributed by atoms with Gasteiger partial charge in [0.25, 0.3) is 0 Å². The first-order valence-corrected chi connectivity index (χ1v) is 8.01. The molecule has 0 aliphatic rings. The van der Waals surface area contributed by atoms with Crippen LogP contribution in [0.4, 0.5) is 5.69 Å². The van der Waals surface area contributed by atoms with Crippen LogP contribution < -0.4 is 11.1 Å². The molecule has 2 rings (SSSR count). The highest BCUT2D eigenvalue weighted by Gasteiger charge is 2.08. The number of anilines is 1. The van der Waals surface area contributed by atoms with Gasteiger partial charge in [0, 0.05) is 15.1 Å². The minimum absolute atomic E-state index is 0.123. The molecule has 21 heavy (non-hydrogen) atoms. The minimum atomic E-state index is -0.159. The van der Waals surface area contributed by atoms with Crippen molar-refractivity contribution in [3.63, 3.8) is 0 Å². The highest BCUT2D eigenvalue weighted by Crippen LogP contribution is 2.26. The van der Waals surface area contributed by atoms with E-state index in [0.29, 0.717) is 12.2 Å². The van der Waals surface area contributed by atoms with Crippen molar-refractivity contribution in [3.05, 3.63) is 39.0 Å². The molecule has 1 amide bonds. The monoisotopic (exact) mass is 415 g/mol. The number of aromatic nitrogens is 3. The molecule has 0 unspecified atom stereocenters. The molecule has 1 aromatic carbocycles. The summed E-state index contributed by atoms with van der Waals surface area (Å²) in [6.45, 7) is 0.739. The number of carbonyl (C=O) groups excluding carboxylic acids is 1. The van der Waals surface area contributed by atoms with E-state index >= 15 is 0 Å². The van der Waals surface area contributed by atoms with Crippen LogP contribution in [0.15, 0.2) is 33.3 Å². The Morgan fingerprint density at radius 3 is 2.90 bits per heavy atom. The molecule has 6 nitrogen and oxygen atoms in total. The molecular weight excluding hydrogens is 402 g/mol. The SMILES string of the molecule is NCCCc1cn(CC(=O)Nc2ccc(Br)cc2Br)nn1. The van der Waals surface area contributed by atoms with Crippen molar-refractivity contribution in [1.82, 2.24) is 15.0 Å². The summed E-state index contributed by atoms with van der Waals surface area (Å²) in [5, 5.41) is 10.8. The molecule has 112 valence electrons. The average molecular weight is 417 g/mol. The minimum Gasteiger partial charge on any atom is -0.330 e. The fourth-order valence-electron chi connectivity index (χ4n) is 1.74. The van der Waals surface area contributed by atoms with Crippen LogP contribution in [0.25, 0.3) is 0 Å². The molecule has 1 heterocycles. The molecule has 0 bridgehead atoms. The van der Waals surface area contributed by atoms with Crippen LogP contribution in [0.5, 0.6) is 0 Å². The number of nitrogens with zero attached hydrogens (tertiary/aromatic N) is 3. The van der Waals surface area contributed by atoms with Crippen LogP contribution in [-0.4, -0.2) is 27.4 Å². The van der Waals surface area contributed by atoms with Crippen molar-refractivity contribution in [1.29, 1.82) is 0 Å². The van der Waals surface area contributed by atoms with Crippen LogP contribution in [0.2, 0.25) is 0 Å². The third kappa shape index (κ3) is 4.90. The molecule has 0 spiro atoms. The van der Waals surface area contributed by atoms with E-state index in [-0.39, 0.29) is 12.5 Å². The highest BCUT2D eigenvalue weighted by molar-refractivity contribution is 9.11. The number of carbonyl (C=O) groups is 1. The summed E-state index contributed by atoms with van der Waals surface area (Å²) < 4.78 is 3.27. The zero-order valence-electron chi connectivity index (χ0n) is 11.2. The van der Waals surface area contributed by atoms with Gasteiger partial charge in [0.05, 0.1) is 11.4 Å². The second-order valence-electron chi connectivity index (χ2n) is 4.47. The first kappa shape index (κ1) is 16.1. The number of benzene rings is 1. The molecule has 0 radical (unpaired) electrons. The lowest BCUT2D eigenvalue weighted by Crippen LogP contribution is -2.19. The number of aryl methyl sites for hydroxylation is 1. The zero-order valence-corrected chi connectivity index (χ0v) is 14.4. The first-order chi connectivity index (χ1) is 10.1. The molecule has 1 aromatic heterocycles. The van der Waals surface area contributed by atoms with Crippen molar-refractivity contribution in [2.45, 2.75) is 19.4 Å². The van der Waals surface area contributed by atoms with E-state index in [2.05, 4.69) is 47.5 Å². The van der Waals surface area contributed by atoms with E-state index in [9.17, 15) is 4.79 Å². The van der Waals surface area contributed by atoms with Crippen LogP contribution >= 0.6 is 31.9 Å². The van der Waals surface area contributed by atoms with Crippen LogP contribution in [-0.2, 0) is 17.8 Å². The number of nitrogens with one attached hydrogen (secondary N) is 1. The number of rotatable bonds is 6. The van der Waals surface area contributed by atoms with Gasteiger partial charge >= 0.3 is 0 Å². The molecule has 0 aliphatic carbocycles. The maximum atomic E-state index is 12.0. The van der Waals surface area contributed by atoms with Gasteiger partial charge in [0.2, 0.25) is 5.91 Å². The van der Waals surface area contributed by atoms with Gasteiger partial charge in [-0.2, -0.15) is 0 Å². The summed E-state index contributed by atoms with van der Waals surface area (Å²) in [6, 6.07) is 5.55. The van der Waals surface area contributed by atoms with Crippen molar-refractivity contribution in [3.8, 4) is 0 Å². The molecule has 0 aliphatic heterocycles. The lowest BCUT2D eigenvalue weighted by molar-refractivity contribution is -0.116. The Kier molecular flexibility index (Phi) is 5.89. The molecule has 0 fully saturated rings. The Morgan fingerprint density at radius 2 is 2.19 bits per heavy atom. The van der Waals surface area contributed by atoms with E-state index in [1.807, 2.05) is 18.2 Å². The zero-order chi connectivity index (χ0) is 15.2. The number of hydrogen-bond acceptors (Lipinski definition) is 4. The van der Waals surface area contributed by atoms with E-state index in [0.717, 1.165) is 27.5 Å². The summed E-state index contributed by atoms with van der Waals surface area (Å²) in [5.74, 6) is -0.159. The maximum Gasteiger partial charge on any atom is 0.246 e. The van der Waals surface area contributed by atoms with Gasteiger partial charge in [-0.15, -0.1) is 5.10 Å². The normalized spacial score (nSPS) is 10.6. The summed E-state index contributed by atoms with van der Waals surface area (Å²) in [7, 11) is 0. The number of hydrogen-bond donors (Lipinski definition) is 2. The Morgan fingerprint density at radius 1 is 1.38 bits per heavy atom. The standard InChI is InChI=1S/C13H15Br2N5O/c14-9-3-4-12(11(15)6-9)17-13(21)8-20-7-10(18-19-20)2-1-5-16/h3-4,6-7H,1-2,5,8,16H2,(H,17,21). The number of amides is 1. The lowest BCUT2D eigenvalue weighted by Gasteiger charge is -2.07. The quantitative estimate of drug-likeness (QED) is 0.756. The second-order valence-corrected chi connectivity index (χ2v) is 6.24. The van der Waals surface area contributed by atoms with E-state index in [1.165, 1.54) is 4.68 Å². The predicted molar refractivity (Wildman–Crippen MR) is 87.9 cm³/mol. The topological polar surface area (TPSA) is 85.8 Å². The van der Waals surface area contributed by atoms with Gasteiger partial charge in [-0.1, -0.05) is 21.1 Å². The summed E-state index contributed by atoms with van der Waals surface area (Å²) >= 11 is 6.77. The van der Waals surface area contributed by atoms with Crippen molar-refractivity contribution in [2.75, 3.05) is 11.9 Å². The van der Waals surface area contributed by atoms with Crippen LogP contribution in [0.3, 0.4) is 0 Å². The van der Waals surface area contributed by atoms with Gasteiger partial charge in [0.1, 0.15) is 6.54 Å². The van der Waals surface area contributed by atoms with E-state index in [4.69, 9.17) is 5.73 Å². The summed E-state index contributed by atoms with van der Waals surface area (Å²) in [4.78, 5) is 12.0. The Hall–Kier alpha value is -1.25. The molecule has 0 saturated carbocycles. The molecule has 3 N–H and O–H groups in total. The summed E-state index contributed by atoms with van der Waals surface area (Å²) in [5.41, 5.74) is 7.01. The van der Waals surface area contributed by atoms with Crippen LogP contribution in [0.1, 0.15) is 12.1 Å². The Bertz CT molecular complexity index is 629. The fraction of sp³-hybridized carbons (Fsp3) is 0.308. The van der Waals surface area contributed by atoms with Gasteiger partial charge in [0.15, 0.2) is 0 Å². The Labute approximate surface area is 139 Å². The van der Waals surface area contributed by atoms with Gasteiger partial charge in [-0.05, 0) is 53.5 Å². The molecule has 8 heteroatoms. The molecule has 2 aromatic rings. The van der Waals surface area contributed by atoms with Crippen molar-refractivity contribution in [2.24, 2.45) is 5.73 Å². The Balaban J connectivity index is 1.93. The summed E-state index contributed by atoms with van der Waals surface area (Å²) in [6.07, 6.45) is 3.40. The van der Waals surface area contributed by atoms with Gasteiger partial charge in [-0.3, -0.25) is 4.79 Å². The van der Waals surface area contributed by atoms with Crippen molar-refractivity contribution >= 4 is 43.5 Å². The molecule has 0 atom stereocenters. The van der Waals surface area contributed by atoms with E-state index < -0.39 is 0 Å². The highest BCUT2D eigenvalue weighted by atomic mass is 79.9. The largest absolute Gasteiger partial charge is 0.330 e. The van der Waals surface area contributed by atoms with E-state index in [1.54, 1.807) is 6.20 Å². The number of halogens is 2. The first-order valence-electron chi connectivity index (χ1n) is 6.42. The molecular formula is C13H15Br2N5O. The van der Waals surface area contributed by atoms with Gasteiger partial charge in [-0.25, -0.2) is 4.68 Å². The maximum absolute atomic E-state index is 12.0. The third-order valence-electron chi connectivity index (χ3n) is 2.73. The third-order valence-corrected chi connectivity index (χ3v) is 3.88. The van der Waals surface area contributed by atoms with Crippen molar-refractivity contribution < 1.29 is 4.79 Å². The smallest absolute Gasteiger partial charge is 0.246 e. The predicted octanol–water partition coefficient (Wildman–Crippen LogP) is 2.33. The van der Waals surface area contributed by atoms with Gasteiger partial charge < -0.3 is 11.1 Å². The lowest BCUT2D eigenvalue weighted by atomic mass is 10.2. The number of nitrogens with two attached hydrogens (primary N) is 1. The van der Waals surface area contributed by atoms with Crippen LogP contribution in [0, 0.1) is 0 Å². The molecule has 0 saturated heterocycles.